The highest BCUT2D eigenvalue weighted by Crippen LogP contribution is 2.23. The standard InChI is InChI=1S/C21H22FN3O2S/c1-3-12-23-19(26)14(2)28-21-24-18-7-5-4-6-17(18)20(27)25(21)13-15-8-10-16(22)11-9-15/h4-11,14H,3,12-13H2,1-2H3,(H,23,26)/t14-/m0/s1. The third-order valence-corrected chi connectivity index (χ3v) is 5.37. The lowest BCUT2D eigenvalue weighted by Gasteiger charge is -2.16. The van der Waals surface area contributed by atoms with Crippen LogP contribution in [0, 0.1) is 5.82 Å². The van der Waals surface area contributed by atoms with Crippen molar-refractivity contribution in [2.24, 2.45) is 0 Å². The van der Waals surface area contributed by atoms with E-state index >= 15 is 0 Å². The number of halogens is 1. The first-order chi connectivity index (χ1) is 13.5. The van der Waals surface area contributed by atoms with Crippen molar-refractivity contribution >= 4 is 28.6 Å². The number of hydrogen-bond donors (Lipinski definition) is 1. The number of amides is 1. The first kappa shape index (κ1) is 20.1. The molecule has 3 aromatic rings. The van der Waals surface area contributed by atoms with E-state index in [1.54, 1.807) is 41.8 Å². The summed E-state index contributed by atoms with van der Waals surface area (Å²) in [6, 6.07) is 13.1. The molecule has 1 N–H and O–H groups in total. The molecule has 3 rings (SSSR count). The van der Waals surface area contributed by atoms with Gasteiger partial charge in [-0.2, -0.15) is 0 Å². The van der Waals surface area contributed by atoms with E-state index in [1.807, 2.05) is 13.0 Å². The normalized spacial score (nSPS) is 12.1. The lowest BCUT2D eigenvalue weighted by atomic mass is 10.2. The van der Waals surface area contributed by atoms with Gasteiger partial charge in [0.05, 0.1) is 22.7 Å². The van der Waals surface area contributed by atoms with Crippen molar-refractivity contribution in [3.05, 3.63) is 70.3 Å². The third-order valence-electron chi connectivity index (χ3n) is 4.28. The van der Waals surface area contributed by atoms with Gasteiger partial charge in [-0.25, -0.2) is 9.37 Å². The highest BCUT2D eigenvalue weighted by molar-refractivity contribution is 8.00. The number of benzene rings is 2. The van der Waals surface area contributed by atoms with Crippen molar-refractivity contribution in [3.63, 3.8) is 0 Å². The van der Waals surface area contributed by atoms with Crippen LogP contribution in [0.2, 0.25) is 0 Å². The summed E-state index contributed by atoms with van der Waals surface area (Å²) < 4.78 is 14.8. The monoisotopic (exact) mass is 399 g/mol. The predicted molar refractivity (Wildman–Crippen MR) is 110 cm³/mol. The first-order valence-corrected chi connectivity index (χ1v) is 10.1. The summed E-state index contributed by atoms with van der Waals surface area (Å²) in [7, 11) is 0. The molecule has 1 aromatic heterocycles. The van der Waals surface area contributed by atoms with Crippen LogP contribution in [0.1, 0.15) is 25.8 Å². The lowest BCUT2D eigenvalue weighted by Crippen LogP contribution is -2.32. The minimum absolute atomic E-state index is 0.0948. The van der Waals surface area contributed by atoms with Crippen LogP contribution < -0.4 is 10.9 Å². The topological polar surface area (TPSA) is 64.0 Å². The number of thioether (sulfide) groups is 1. The Balaban J connectivity index is 2.00. The fraction of sp³-hybridized carbons (Fsp3) is 0.286. The average molecular weight is 399 g/mol. The molecule has 0 fully saturated rings. The second kappa shape index (κ2) is 9.01. The van der Waals surface area contributed by atoms with Crippen LogP contribution >= 0.6 is 11.8 Å². The van der Waals surface area contributed by atoms with Crippen molar-refractivity contribution in [2.75, 3.05) is 6.54 Å². The second-order valence-corrected chi connectivity index (χ2v) is 7.79. The summed E-state index contributed by atoms with van der Waals surface area (Å²) in [6.07, 6.45) is 0.854. The van der Waals surface area contributed by atoms with E-state index in [0.29, 0.717) is 22.6 Å². The van der Waals surface area contributed by atoms with Gasteiger partial charge in [-0.3, -0.25) is 14.2 Å². The zero-order valence-electron chi connectivity index (χ0n) is 15.8. The molecular formula is C21H22FN3O2S. The maximum Gasteiger partial charge on any atom is 0.262 e. The largest absolute Gasteiger partial charge is 0.355 e. The Morgan fingerprint density at radius 2 is 1.93 bits per heavy atom. The number of rotatable bonds is 7. The predicted octanol–water partition coefficient (Wildman–Crippen LogP) is 3.59. The fourth-order valence-electron chi connectivity index (χ4n) is 2.75. The van der Waals surface area contributed by atoms with Crippen LogP contribution in [0.15, 0.2) is 58.5 Å². The van der Waals surface area contributed by atoms with Gasteiger partial charge in [0.2, 0.25) is 5.91 Å². The summed E-state index contributed by atoms with van der Waals surface area (Å²) in [5.41, 5.74) is 1.19. The molecule has 0 aliphatic rings. The molecule has 0 bridgehead atoms. The van der Waals surface area contributed by atoms with Gasteiger partial charge in [-0.15, -0.1) is 0 Å². The smallest absolute Gasteiger partial charge is 0.262 e. The molecule has 1 amide bonds. The summed E-state index contributed by atoms with van der Waals surface area (Å²) in [5, 5.41) is 3.44. The number of carbonyl (C=O) groups excluding carboxylic acids is 1. The molecule has 28 heavy (non-hydrogen) atoms. The quantitative estimate of drug-likeness (QED) is 0.487. The molecule has 2 aromatic carbocycles. The molecule has 0 saturated carbocycles. The van der Waals surface area contributed by atoms with Crippen LogP contribution in [0.3, 0.4) is 0 Å². The van der Waals surface area contributed by atoms with E-state index in [0.717, 1.165) is 12.0 Å². The van der Waals surface area contributed by atoms with Crippen LogP contribution in [0.4, 0.5) is 4.39 Å². The molecule has 1 heterocycles. The van der Waals surface area contributed by atoms with Gasteiger partial charge in [0, 0.05) is 6.54 Å². The van der Waals surface area contributed by atoms with Gasteiger partial charge in [0.25, 0.3) is 5.56 Å². The third kappa shape index (κ3) is 4.59. The lowest BCUT2D eigenvalue weighted by molar-refractivity contribution is -0.120. The molecular weight excluding hydrogens is 377 g/mol. The van der Waals surface area contributed by atoms with Crippen molar-refractivity contribution in [3.8, 4) is 0 Å². The van der Waals surface area contributed by atoms with Gasteiger partial charge < -0.3 is 5.32 Å². The van der Waals surface area contributed by atoms with Gasteiger partial charge in [0.15, 0.2) is 5.16 Å². The summed E-state index contributed by atoms with van der Waals surface area (Å²) in [4.78, 5) is 30.0. The number of carbonyl (C=O) groups is 1. The molecule has 1 atom stereocenters. The number of nitrogens with zero attached hydrogens (tertiary/aromatic N) is 2. The number of hydrogen-bond acceptors (Lipinski definition) is 4. The van der Waals surface area contributed by atoms with Crippen LogP contribution in [0.5, 0.6) is 0 Å². The molecule has 0 unspecified atom stereocenters. The Morgan fingerprint density at radius 3 is 2.64 bits per heavy atom. The zero-order chi connectivity index (χ0) is 20.1. The van der Waals surface area contributed by atoms with Gasteiger partial charge in [-0.1, -0.05) is 43.0 Å². The molecule has 0 saturated heterocycles. The van der Waals surface area contributed by atoms with E-state index in [9.17, 15) is 14.0 Å². The van der Waals surface area contributed by atoms with Gasteiger partial charge in [0.1, 0.15) is 5.82 Å². The van der Waals surface area contributed by atoms with E-state index in [4.69, 9.17) is 0 Å². The van der Waals surface area contributed by atoms with Crippen molar-refractivity contribution in [1.82, 2.24) is 14.9 Å². The van der Waals surface area contributed by atoms with Crippen LogP contribution in [-0.2, 0) is 11.3 Å². The molecule has 5 nitrogen and oxygen atoms in total. The summed E-state index contributed by atoms with van der Waals surface area (Å²) >= 11 is 1.25. The average Bonchev–Trinajstić information content (AvgIpc) is 2.70. The van der Waals surface area contributed by atoms with E-state index in [2.05, 4.69) is 10.3 Å². The number of fused-ring (bicyclic) bond motifs is 1. The SMILES string of the molecule is CCCNC(=O)[C@H](C)Sc1nc2ccccc2c(=O)n1Cc1ccc(F)cc1. The molecule has 0 radical (unpaired) electrons. The van der Waals surface area contributed by atoms with Gasteiger partial charge >= 0.3 is 0 Å². The Morgan fingerprint density at radius 1 is 1.21 bits per heavy atom. The zero-order valence-corrected chi connectivity index (χ0v) is 16.6. The number of nitrogens with one attached hydrogen (secondary N) is 1. The molecule has 146 valence electrons. The highest BCUT2D eigenvalue weighted by atomic mass is 32.2. The van der Waals surface area contributed by atoms with Crippen molar-refractivity contribution in [2.45, 2.75) is 37.2 Å². The Bertz CT molecular complexity index is 1030. The Kier molecular flexibility index (Phi) is 6.46. The van der Waals surface area contributed by atoms with Crippen LogP contribution in [-0.4, -0.2) is 27.3 Å². The van der Waals surface area contributed by atoms with Gasteiger partial charge in [-0.05, 0) is 43.2 Å². The van der Waals surface area contributed by atoms with Crippen LogP contribution in [0.25, 0.3) is 10.9 Å². The maximum absolute atomic E-state index is 13.2. The Labute approximate surface area is 167 Å². The minimum atomic E-state index is -0.404. The second-order valence-electron chi connectivity index (χ2n) is 6.48. The minimum Gasteiger partial charge on any atom is -0.355 e. The Hall–Kier alpha value is -2.67. The van der Waals surface area contributed by atoms with E-state index in [1.165, 1.54) is 23.9 Å². The molecule has 0 aliphatic heterocycles. The molecule has 0 spiro atoms. The summed E-state index contributed by atoms with van der Waals surface area (Å²) in [6.45, 7) is 4.64. The summed E-state index contributed by atoms with van der Waals surface area (Å²) in [5.74, 6) is -0.425. The number of para-hydroxylation sites is 1. The van der Waals surface area contributed by atoms with Crippen molar-refractivity contribution < 1.29 is 9.18 Å². The number of aromatic nitrogens is 2. The van der Waals surface area contributed by atoms with E-state index in [-0.39, 0.29) is 23.8 Å². The molecule has 0 aliphatic carbocycles. The first-order valence-electron chi connectivity index (χ1n) is 9.18. The van der Waals surface area contributed by atoms with Crippen molar-refractivity contribution in [1.29, 1.82) is 0 Å². The van der Waals surface area contributed by atoms with E-state index < -0.39 is 5.25 Å². The fourth-order valence-corrected chi connectivity index (χ4v) is 3.69. The maximum atomic E-state index is 13.2. The highest BCUT2D eigenvalue weighted by Gasteiger charge is 2.19. The molecule has 7 heteroatoms.